The second-order valence-electron chi connectivity index (χ2n) is 3.37. The summed E-state index contributed by atoms with van der Waals surface area (Å²) in [5, 5.41) is 0. The second-order valence-corrected chi connectivity index (χ2v) is 3.37. The molecule has 1 aliphatic carbocycles. The SMILES string of the molecule is O=[C]C1(OCc2ccccc2)CC1. The molecule has 0 heterocycles. The summed E-state index contributed by atoms with van der Waals surface area (Å²) < 4.78 is 5.45. The Kier molecular flexibility index (Phi) is 2.15. The van der Waals surface area contributed by atoms with Crippen molar-refractivity contribution in [1.82, 2.24) is 0 Å². The molecule has 0 aromatic heterocycles. The highest BCUT2D eigenvalue weighted by molar-refractivity contribution is 5.67. The van der Waals surface area contributed by atoms with Gasteiger partial charge in [-0.25, -0.2) is 0 Å². The van der Waals surface area contributed by atoms with Gasteiger partial charge in [-0.3, -0.25) is 4.79 Å². The van der Waals surface area contributed by atoms with Gasteiger partial charge in [0.25, 0.3) is 0 Å². The molecule has 2 heteroatoms. The van der Waals surface area contributed by atoms with Gasteiger partial charge < -0.3 is 4.74 Å². The van der Waals surface area contributed by atoms with Crippen LogP contribution in [0.3, 0.4) is 0 Å². The minimum absolute atomic E-state index is 0.510. The standard InChI is InChI=1S/C11H11O2/c12-9-11(6-7-11)13-8-10-4-2-1-3-5-10/h1-5H,6-8H2. The maximum absolute atomic E-state index is 10.5. The first-order valence-electron chi connectivity index (χ1n) is 4.42. The molecule has 0 unspecified atom stereocenters. The Bertz CT molecular complexity index is 288. The van der Waals surface area contributed by atoms with Crippen molar-refractivity contribution in [2.45, 2.75) is 25.0 Å². The van der Waals surface area contributed by atoms with Crippen LogP contribution in [0.25, 0.3) is 0 Å². The zero-order valence-electron chi connectivity index (χ0n) is 7.32. The molecular weight excluding hydrogens is 164 g/mol. The fourth-order valence-corrected chi connectivity index (χ4v) is 1.19. The minimum atomic E-state index is -0.560. The van der Waals surface area contributed by atoms with Gasteiger partial charge in [0.1, 0.15) is 5.60 Å². The predicted molar refractivity (Wildman–Crippen MR) is 48.9 cm³/mol. The van der Waals surface area contributed by atoms with Crippen molar-refractivity contribution in [1.29, 1.82) is 0 Å². The molecule has 0 N–H and O–H groups in total. The van der Waals surface area contributed by atoms with E-state index in [1.54, 1.807) is 0 Å². The number of carbonyl (C=O) groups excluding carboxylic acids is 1. The van der Waals surface area contributed by atoms with Crippen LogP contribution in [0.4, 0.5) is 0 Å². The molecule has 1 aliphatic rings. The van der Waals surface area contributed by atoms with E-state index in [2.05, 4.69) is 0 Å². The fourth-order valence-electron chi connectivity index (χ4n) is 1.19. The monoisotopic (exact) mass is 175 g/mol. The summed E-state index contributed by atoms with van der Waals surface area (Å²) in [5.74, 6) is 0. The Morgan fingerprint density at radius 1 is 1.31 bits per heavy atom. The van der Waals surface area contributed by atoms with E-state index in [0.29, 0.717) is 6.61 Å². The number of benzene rings is 1. The Morgan fingerprint density at radius 2 is 2.00 bits per heavy atom. The van der Waals surface area contributed by atoms with Crippen molar-refractivity contribution in [2.24, 2.45) is 0 Å². The van der Waals surface area contributed by atoms with Gasteiger partial charge in [0.2, 0.25) is 6.29 Å². The highest BCUT2D eigenvalue weighted by atomic mass is 16.5. The van der Waals surface area contributed by atoms with E-state index in [4.69, 9.17) is 4.74 Å². The Balaban J connectivity index is 1.90. The largest absolute Gasteiger partial charge is 0.362 e. The minimum Gasteiger partial charge on any atom is -0.362 e. The summed E-state index contributed by atoms with van der Waals surface area (Å²) in [6.07, 6.45) is 3.60. The van der Waals surface area contributed by atoms with E-state index in [1.165, 1.54) is 0 Å². The normalized spacial score (nSPS) is 18.2. The Hall–Kier alpha value is -1.15. The molecule has 13 heavy (non-hydrogen) atoms. The fraction of sp³-hybridized carbons (Fsp3) is 0.364. The number of ether oxygens (including phenoxy) is 1. The topological polar surface area (TPSA) is 26.3 Å². The van der Waals surface area contributed by atoms with Crippen LogP contribution in [0.15, 0.2) is 30.3 Å². The van der Waals surface area contributed by atoms with Crippen molar-refractivity contribution < 1.29 is 9.53 Å². The molecule has 1 radical (unpaired) electrons. The molecule has 2 rings (SSSR count). The molecular formula is C11H11O2. The lowest BCUT2D eigenvalue weighted by atomic mass is 10.2. The zero-order valence-corrected chi connectivity index (χ0v) is 7.32. The molecule has 2 nitrogen and oxygen atoms in total. The molecule has 0 atom stereocenters. The quantitative estimate of drug-likeness (QED) is 0.698. The summed E-state index contributed by atoms with van der Waals surface area (Å²) in [5.41, 5.74) is 0.541. The third-order valence-electron chi connectivity index (χ3n) is 2.25. The molecule has 0 amide bonds. The van der Waals surface area contributed by atoms with E-state index in [0.717, 1.165) is 18.4 Å². The van der Waals surface area contributed by atoms with Crippen LogP contribution in [0.1, 0.15) is 18.4 Å². The van der Waals surface area contributed by atoms with Gasteiger partial charge in [0.15, 0.2) is 0 Å². The molecule has 0 spiro atoms. The van der Waals surface area contributed by atoms with Crippen LogP contribution in [0.5, 0.6) is 0 Å². The van der Waals surface area contributed by atoms with E-state index in [-0.39, 0.29) is 0 Å². The smallest absolute Gasteiger partial charge is 0.233 e. The first-order valence-corrected chi connectivity index (χ1v) is 4.42. The maximum atomic E-state index is 10.5. The van der Waals surface area contributed by atoms with E-state index >= 15 is 0 Å². The molecule has 1 aromatic rings. The maximum Gasteiger partial charge on any atom is 0.233 e. The summed E-state index contributed by atoms with van der Waals surface area (Å²) in [4.78, 5) is 10.5. The zero-order chi connectivity index (χ0) is 9.15. The van der Waals surface area contributed by atoms with Crippen LogP contribution < -0.4 is 0 Å². The molecule has 67 valence electrons. The van der Waals surface area contributed by atoms with E-state index in [1.807, 2.05) is 36.6 Å². The summed E-state index contributed by atoms with van der Waals surface area (Å²) in [7, 11) is 0. The van der Waals surface area contributed by atoms with Gasteiger partial charge >= 0.3 is 0 Å². The van der Waals surface area contributed by atoms with Gasteiger partial charge in [-0.05, 0) is 18.4 Å². The Morgan fingerprint density at radius 3 is 2.54 bits per heavy atom. The summed E-state index contributed by atoms with van der Waals surface area (Å²) >= 11 is 0. The van der Waals surface area contributed by atoms with Crippen LogP contribution in [0, 0.1) is 0 Å². The summed E-state index contributed by atoms with van der Waals surface area (Å²) in [6.45, 7) is 0.510. The molecule has 0 bridgehead atoms. The van der Waals surface area contributed by atoms with Crippen molar-refractivity contribution in [3.8, 4) is 0 Å². The number of rotatable bonds is 4. The lowest BCUT2D eigenvalue weighted by molar-refractivity contribution is 0.0651. The predicted octanol–water partition coefficient (Wildman–Crippen LogP) is 1.85. The van der Waals surface area contributed by atoms with Gasteiger partial charge in [-0.1, -0.05) is 30.3 Å². The third-order valence-corrected chi connectivity index (χ3v) is 2.25. The molecule has 1 fully saturated rings. The first-order chi connectivity index (χ1) is 6.35. The Labute approximate surface area is 77.5 Å². The van der Waals surface area contributed by atoms with Crippen LogP contribution >= 0.6 is 0 Å². The van der Waals surface area contributed by atoms with E-state index in [9.17, 15) is 4.79 Å². The van der Waals surface area contributed by atoms with Gasteiger partial charge in [-0.15, -0.1) is 0 Å². The molecule has 0 aliphatic heterocycles. The lowest BCUT2D eigenvalue weighted by Gasteiger charge is -2.07. The number of hydrogen-bond acceptors (Lipinski definition) is 2. The van der Waals surface area contributed by atoms with Crippen molar-refractivity contribution >= 4 is 6.29 Å². The highest BCUT2D eigenvalue weighted by Crippen LogP contribution is 2.37. The third kappa shape index (κ3) is 1.95. The average molecular weight is 175 g/mol. The van der Waals surface area contributed by atoms with Crippen molar-refractivity contribution in [3.05, 3.63) is 35.9 Å². The number of hydrogen-bond donors (Lipinski definition) is 0. The van der Waals surface area contributed by atoms with Crippen LogP contribution in [-0.2, 0) is 16.1 Å². The van der Waals surface area contributed by atoms with Crippen LogP contribution in [0.2, 0.25) is 0 Å². The second kappa shape index (κ2) is 3.30. The first kappa shape index (κ1) is 8.45. The molecule has 1 aromatic carbocycles. The highest BCUT2D eigenvalue weighted by Gasteiger charge is 2.45. The average Bonchev–Trinajstić information content (AvgIpc) is 2.97. The van der Waals surface area contributed by atoms with E-state index < -0.39 is 5.60 Å². The lowest BCUT2D eigenvalue weighted by Crippen LogP contribution is -2.15. The van der Waals surface area contributed by atoms with Gasteiger partial charge in [0, 0.05) is 0 Å². The van der Waals surface area contributed by atoms with Crippen molar-refractivity contribution in [2.75, 3.05) is 0 Å². The molecule has 0 saturated heterocycles. The van der Waals surface area contributed by atoms with Crippen molar-refractivity contribution in [3.63, 3.8) is 0 Å². The van der Waals surface area contributed by atoms with Gasteiger partial charge in [-0.2, -0.15) is 0 Å². The van der Waals surface area contributed by atoms with Gasteiger partial charge in [0.05, 0.1) is 6.61 Å². The summed E-state index contributed by atoms with van der Waals surface area (Å²) in [6, 6.07) is 9.86. The molecule has 1 saturated carbocycles. The van der Waals surface area contributed by atoms with Crippen LogP contribution in [-0.4, -0.2) is 11.9 Å².